The molecular formula is C12H15N3O2. The highest BCUT2D eigenvalue weighted by Crippen LogP contribution is 2.16. The smallest absolute Gasteiger partial charge is 0.185 e. The van der Waals surface area contributed by atoms with E-state index in [1.54, 1.807) is 13.3 Å². The molecule has 0 atom stereocenters. The fourth-order valence-corrected chi connectivity index (χ4v) is 1.42. The van der Waals surface area contributed by atoms with E-state index < -0.39 is 0 Å². The van der Waals surface area contributed by atoms with Gasteiger partial charge in [-0.3, -0.25) is 4.98 Å². The third-order valence-corrected chi connectivity index (χ3v) is 2.27. The summed E-state index contributed by atoms with van der Waals surface area (Å²) < 4.78 is 10.2. The van der Waals surface area contributed by atoms with E-state index >= 15 is 0 Å². The molecule has 0 aliphatic carbocycles. The minimum absolute atomic E-state index is 0.666. The monoisotopic (exact) mass is 233 g/mol. The SMILES string of the molecule is COCCNCc1cc(-c2ccccn2)on1. The van der Waals surface area contributed by atoms with Gasteiger partial charge in [0.2, 0.25) is 0 Å². The summed E-state index contributed by atoms with van der Waals surface area (Å²) in [5.74, 6) is 0.689. The van der Waals surface area contributed by atoms with E-state index in [0.717, 1.165) is 17.9 Å². The fraction of sp³-hybridized carbons (Fsp3) is 0.333. The molecule has 0 aliphatic heterocycles. The van der Waals surface area contributed by atoms with Crippen LogP contribution in [0.5, 0.6) is 0 Å². The number of hydrogen-bond acceptors (Lipinski definition) is 5. The summed E-state index contributed by atoms with van der Waals surface area (Å²) in [5, 5.41) is 7.17. The van der Waals surface area contributed by atoms with Crippen LogP contribution in [0.15, 0.2) is 35.0 Å². The molecule has 5 heteroatoms. The molecule has 90 valence electrons. The third kappa shape index (κ3) is 3.37. The maximum atomic E-state index is 5.22. The largest absolute Gasteiger partial charge is 0.383 e. The molecule has 2 rings (SSSR count). The van der Waals surface area contributed by atoms with Crippen molar-refractivity contribution in [1.82, 2.24) is 15.5 Å². The summed E-state index contributed by atoms with van der Waals surface area (Å²) in [4.78, 5) is 4.20. The van der Waals surface area contributed by atoms with E-state index in [4.69, 9.17) is 9.26 Å². The second kappa shape index (κ2) is 6.12. The van der Waals surface area contributed by atoms with E-state index in [0.29, 0.717) is 18.9 Å². The standard InChI is InChI=1S/C12H15N3O2/c1-16-7-6-13-9-10-8-12(17-15-10)11-4-2-3-5-14-11/h2-5,8,13H,6-7,9H2,1H3. The number of nitrogens with zero attached hydrogens (tertiary/aromatic N) is 2. The molecule has 0 bridgehead atoms. The Hall–Kier alpha value is -1.72. The molecule has 0 aromatic carbocycles. The van der Waals surface area contributed by atoms with Crippen LogP contribution >= 0.6 is 0 Å². The van der Waals surface area contributed by atoms with Crippen LogP contribution in [0.1, 0.15) is 5.69 Å². The first-order valence-electron chi connectivity index (χ1n) is 5.47. The highest BCUT2D eigenvalue weighted by atomic mass is 16.5. The van der Waals surface area contributed by atoms with Crippen LogP contribution in [0, 0.1) is 0 Å². The Labute approximate surface area is 99.8 Å². The van der Waals surface area contributed by atoms with Gasteiger partial charge in [-0.25, -0.2) is 0 Å². The number of hydrogen-bond donors (Lipinski definition) is 1. The molecule has 0 unspecified atom stereocenters. The molecule has 0 aliphatic rings. The Bertz CT molecular complexity index is 442. The van der Waals surface area contributed by atoms with Crippen LogP contribution in [0.25, 0.3) is 11.5 Å². The van der Waals surface area contributed by atoms with Gasteiger partial charge in [-0.2, -0.15) is 0 Å². The number of nitrogens with one attached hydrogen (secondary N) is 1. The van der Waals surface area contributed by atoms with Gasteiger partial charge in [-0.15, -0.1) is 0 Å². The van der Waals surface area contributed by atoms with Crippen molar-refractivity contribution in [2.75, 3.05) is 20.3 Å². The van der Waals surface area contributed by atoms with Crippen molar-refractivity contribution < 1.29 is 9.26 Å². The molecule has 1 N–H and O–H groups in total. The maximum Gasteiger partial charge on any atom is 0.185 e. The van der Waals surface area contributed by atoms with Crippen LogP contribution in [0.3, 0.4) is 0 Å². The van der Waals surface area contributed by atoms with Crippen LogP contribution in [0.2, 0.25) is 0 Å². The second-order valence-electron chi connectivity index (χ2n) is 3.57. The number of ether oxygens (including phenoxy) is 1. The van der Waals surface area contributed by atoms with Crippen molar-refractivity contribution >= 4 is 0 Å². The van der Waals surface area contributed by atoms with Gasteiger partial charge in [0.25, 0.3) is 0 Å². The average Bonchev–Trinajstić information content (AvgIpc) is 2.85. The van der Waals surface area contributed by atoms with E-state index in [1.807, 2.05) is 24.3 Å². The topological polar surface area (TPSA) is 60.2 Å². The lowest BCUT2D eigenvalue weighted by Crippen LogP contribution is -2.18. The predicted octanol–water partition coefficient (Wildman–Crippen LogP) is 1.47. The number of rotatable bonds is 6. The molecule has 0 spiro atoms. The first-order chi connectivity index (χ1) is 8.40. The third-order valence-electron chi connectivity index (χ3n) is 2.27. The summed E-state index contributed by atoms with van der Waals surface area (Å²) in [5.41, 5.74) is 1.66. The molecule has 0 amide bonds. The van der Waals surface area contributed by atoms with Gasteiger partial charge in [0.1, 0.15) is 5.69 Å². The first kappa shape index (κ1) is 11.8. The zero-order chi connectivity index (χ0) is 11.9. The van der Waals surface area contributed by atoms with Crippen molar-refractivity contribution in [2.45, 2.75) is 6.54 Å². The molecule has 0 saturated heterocycles. The molecule has 0 fully saturated rings. The summed E-state index contributed by atoms with van der Waals surface area (Å²) in [6.45, 7) is 2.15. The van der Waals surface area contributed by atoms with Crippen LogP contribution in [-0.2, 0) is 11.3 Å². The van der Waals surface area contributed by atoms with Crippen molar-refractivity contribution in [3.8, 4) is 11.5 Å². The highest BCUT2D eigenvalue weighted by molar-refractivity contribution is 5.51. The Balaban J connectivity index is 1.92. The molecule has 0 radical (unpaired) electrons. The Morgan fingerprint density at radius 3 is 3.12 bits per heavy atom. The van der Waals surface area contributed by atoms with Crippen molar-refractivity contribution in [3.05, 3.63) is 36.2 Å². The lowest BCUT2D eigenvalue weighted by molar-refractivity contribution is 0.199. The maximum absolute atomic E-state index is 5.22. The summed E-state index contributed by atoms with van der Waals surface area (Å²) >= 11 is 0. The molecule has 5 nitrogen and oxygen atoms in total. The minimum atomic E-state index is 0.666. The molecule has 0 saturated carbocycles. The molecule has 17 heavy (non-hydrogen) atoms. The van der Waals surface area contributed by atoms with Gasteiger partial charge in [0.15, 0.2) is 5.76 Å². The number of pyridine rings is 1. The second-order valence-corrected chi connectivity index (χ2v) is 3.57. The highest BCUT2D eigenvalue weighted by Gasteiger charge is 2.06. The lowest BCUT2D eigenvalue weighted by atomic mass is 10.2. The Morgan fingerprint density at radius 2 is 2.35 bits per heavy atom. The van der Waals surface area contributed by atoms with Gasteiger partial charge >= 0.3 is 0 Å². The number of methoxy groups -OCH3 is 1. The Morgan fingerprint density at radius 1 is 1.41 bits per heavy atom. The summed E-state index contributed by atoms with van der Waals surface area (Å²) in [7, 11) is 1.68. The summed E-state index contributed by atoms with van der Waals surface area (Å²) in [6.07, 6.45) is 1.73. The van der Waals surface area contributed by atoms with Gasteiger partial charge in [-0.1, -0.05) is 11.2 Å². The zero-order valence-corrected chi connectivity index (χ0v) is 9.72. The Kier molecular flexibility index (Phi) is 4.23. The molecule has 2 heterocycles. The van der Waals surface area contributed by atoms with Gasteiger partial charge in [0.05, 0.1) is 12.3 Å². The number of aromatic nitrogens is 2. The normalized spacial score (nSPS) is 10.6. The van der Waals surface area contributed by atoms with Gasteiger partial charge in [-0.05, 0) is 12.1 Å². The van der Waals surface area contributed by atoms with Crippen molar-refractivity contribution in [1.29, 1.82) is 0 Å². The fourth-order valence-electron chi connectivity index (χ4n) is 1.42. The van der Waals surface area contributed by atoms with Crippen LogP contribution < -0.4 is 5.32 Å². The van der Waals surface area contributed by atoms with Gasteiger partial charge in [0, 0.05) is 32.5 Å². The quantitative estimate of drug-likeness (QED) is 0.766. The average molecular weight is 233 g/mol. The van der Waals surface area contributed by atoms with Gasteiger partial charge < -0.3 is 14.6 Å². The van der Waals surface area contributed by atoms with Crippen LogP contribution in [0.4, 0.5) is 0 Å². The lowest BCUT2D eigenvalue weighted by Gasteiger charge is -1.99. The van der Waals surface area contributed by atoms with Crippen molar-refractivity contribution in [2.24, 2.45) is 0 Å². The van der Waals surface area contributed by atoms with Crippen LogP contribution in [-0.4, -0.2) is 30.4 Å². The first-order valence-corrected chi connectivity index (χ1v) is 5.47. The van der Waals surface area contributed by atoms with Crippen molar-refractivity contribution in [3.63, 3.8) is 0 Å². The van der Waals surface area contributed by atoms with E-state index in [1.165, 1.54) is 0 Å². The van der Waals surface area contributed by atoms with E-state index in [9.17, 15) is 0 Å². The zero-order valence-electron chi connectivity index (χ0n) is 9.72. The summed E-state index contributed by atoms with van der Waals surface area (Å²) in [6, 6.07) is 7.57. The molecular weight excluding hydrogens is 218 g/mol. The van der Waals surface area contributed by atoms with E-state index in [2.05, 4.69) is 15.5 Å². The predicted molar refractivity (Wildman–Crippen MR) is 63.3 cm³/mol. The van der Waals surface area contributed by atoms with E-state index in [-0.39, 0.29) is 0 Å². The molecule has 2 aromatic rings. The minimum Gasteiger partial charge on any atom is -0.383 e. The molecule has 2 aromatic heterocycles.